The highest BCUT2D eigenvalue weighted by atomic mass is 16.2. The Labute approximate surface area is 167 Å². The first-order valence-corrected chi connectivity index (χ1v) is 9.69. The second-order valence-corrected chi connectivity index (χ2v) is 7.31. The van der Waals surface area contributed by atoms with Gasteiger partial charge in [-0.1, -0.05) is 50.2 Å². The van der Waals surface area contributed by atoms with Crippen LogP contribution >= 0.6 is 0 Å². The lowest BCUT2D eigenvalue weighted by atomic mass is 9.97. The number of carbonyl (C=O) groups excluding carboxylic acids is 2. The van der Waals surface area contributed by atoms with Gasteiger partial charge in [0, 0.05) is 31.9 Å². The first kappa shape index (κ1) is 21.4. The van der Waals surface area contributed by atoms with E-state index in [0.29, 0.717) is 18.9 Å². The molecule has 3 amide bonds. The molecule has 2 aromatic rings. The molecule has 150 valence electrons. The molecule has 0 radical (unpaired) electrons. The number of rotatable bonds is 9. The molecule has 6 nitrogen and oxygen atoms in total. The van der Waals surface area contributed by atoms with Crippen LogP contribution in [0.5, 0.6) is 0 Å². The van der Waals surface area contributed by atoms with Crippen molar-refractivity contribution in [1.82, 2.24) is 20.5 Å². The number of benzene rings is 1. The van der Waals surface area contributed by atoms with E-state index in [1.54, 1.807) is 18.1 Å². The minimum atomic E-state index is -0.332. The van der Waals surface area contributed by atoms with Crippen LogP contribution in [0.4, 0.5) is 4.79 Å². The van der Waals surface area contributed by atoms with Crippen LogP contribution in [-0.4, -0.2) is 42.0 Å². The third-order valence-electron chi connectivity index (χ3n) is 4.47. The SMILES string of the molecule is CC(C)CC(NC(=O)NCC(=O)N(C)CCc1ccccn1)c1ccccc1. The molecule has 0 aliphatic rings. The predicted molar refractivity (Wildman–Crippen MR) is 111 cm³/mol. The normalized spacial score (nSPS) is 11.7. The van der Waals surface area contributed by atoms with Crippen molar-refractivity contribution in [2.24, 2.45) is 5.92 Å². The fourth-order valence-electron chi connectivity index (χ4n) is 2.89. The molecule has 1 heterocycles. The molecule has 2 N–H and O–H groups in total. The van der Waals surface area contributed by atoms with Crippen molar-refractivity contribution in [1.29, 1.82) is 0 Å². The molecule has 1 atom stereocenters. The highest BCUT2D eigenvalue weighted by Crippen LogP contribution is 2.20. The van der Waals surface area contributed by atoms with E-state index in [1.807, 2.05) is 48.5 Å². The van der Waals surface area contributed by atoms with Gasteiger partial charge in [0.1, 0.15) is 0 Å². The number of nitrogens with zero attached hydrogens (tertiary/aromatic N) is 2. The summed E-state index contributed by atoms with van der Waals surface area (Å²) >= 11 is 0. The molecule has 0 bridgehead atoms. The lowest BCUT2D eigenvalue weighted by molar-refractivity contribution is -0.128. The van der Waals surface area contributed by atoms with Crippen LogP contribution in [0, 0.1) is 5.92 Å². The predicted octanol–water partition coefficient (Wildman–Crippen LogP) is 3.17. The molecule has 1 aromatic heterocycles. The van der Waals surface area contributed by atoms with Gasteiger partial charge in [0.15, 0.2) is 0 Å². The molecule has 0 aliphatic carbocycles. The number of urea groups is 1. The van der Waals surface area contributed by atoms with Crippen molar-refractivity contribution < 1.29 is 9.59 Å². The minimum Gasteiger partial charge on any atom is -0.344 e. The van der Waals surface area contributed by atoms with Crippen molar-refractivity contribution in [3.8, 4) is 0 Å². The fourth-order valence-corrected chi connectivity index (χ4v) is 2.89. The number of aromatic nitrogens is 1. The maximum Gasteiger partial charge on any atom is 0.315 e. The Kier molecular flexibility index (Phi) is 8.46. The van der Waals surface area contributed by atoms with Gasteiger partial charge in [-0.05, 0) is 30.0 Å². The number of pyridine rings is 1. The molecule has 0 saturated heterocycles. The Balaban J connectivity index is 1.80. The van der Waals surface area contributed by atoms with Crippen molar-refractivity contribution >= 4 is 11.9 Å². The zero-order chi connectivity index (χ0) is 20.4. The number of carbonyl (C=O) groups is 2. The number of nitrogens with one attached hydrogen (secondary N) is 2. The van der Waals surface area contributed by atoms with Gasteiger partial charge in [0.25, 0.3) is 0 Å². The van der Waals surface area contributed by atoms with E-state index in [0.717, 1.165) is 17.7 Å². The van der Waals surface area contributed by atoms with Crippen LogP contribution in [0.15, 0.2) is 54.7 Å². The highest BCUT2D eigenvalue weighted by molar-refractivity contribution is 5.84. The quantitative estimate of drug-likeness (QED) is 0.700. The van der Waals surface area contributed by atoms with E-state index in [1.165, 1.54) is 0 Å². The molecule has 6 heteroatoms. The number of amides is 3. The standard InChI is InChI=1S/C22H30N4O2/c1-17(2)15-20(18-9-5-4-6-10-18)25-22(28)24-16-21(27)26(3)14-12-19-11-7-8-13-23-19/h4-11,13,17,20H,12,14-16H2,1-3H3,(H2,24,25,28). The van der Waals surface area contributed by atoms with Gasteiger partial charge in [0.05, 0.1) is 12.6 Å². The summed E-state index contributed by atoms with van der Waals surface area (Å²) in [6, 6.07) is 15.2. The van der Waals surface area contributed by atoms with E-state index in [2.05, 4.69) is 29.5 Å². The average Bonchev–Trinajstić information content (AvgIpc) is 2.70. The molecule has 2 rings (SSSR count). The van der Waals surface area contributed by atoms with Crippen molar-refractivity contribution in [3.63, 3.8) is 0 Å². The summed E-state index contributed by atoms with van der Waals surface area (Å²) in [6.45, 7) is 4.76. The van der Waals surface area contributed by atoms with Gasteiger partial charge in [0.2, 0.25) is 5.91 Å². The average molecular weight is 383 g/mol. The van der Waals surface area contributed by atoms with Gasteiger partial charge < -0.3 is 15.5 Å². The maximum atomic E-state index is 12.3. The maximum absolute atomic E-state index is 12.3. The van der Waals surface area contributed by atoms with E-state index in [-0.39, 0.29) is 24.5 Å². The molecule has 1 aromatic carbocycles. The Bertz CT molecular complexity index is 735. The molecular weight excluding hydrogens is 352 g/mol. The third kappa shape index (κ3) is 7.39. The summed E-state index contributed by atoms with van der Waals surface area (Å²) in [5.74, 6) is 0.302. The van der Waals surface area contributed by atoms with Crippen molar-refractivity contribution in [3.05, 3.63) is 66.0 Å². The van der Waals surface area contributed by atoms with Gasteiger partial charge in [-0.2, -0.15) is 0 Å². The minimum absolute atomic E-state index is 0.0340. The Morgan fingerprint density at radius 1 is 1.07 bits per heavy atom. The molecule has 1 unspecified atom stereocenters. The number of hydrogen-bond acceptors (Lipinski definition) is 3. The van der Waals surface area contributed by atoms with Crippen molar-refractivity contribution in [2.75, 3.05) is 20.1 Å². The van der Waals surface area contributed by atoms with E-state index in [9.17, 15) is 9.59 Å². The van der Waals surface area contributed by atoms with Gasteiger partial charge in [-0.3, -0.25) is 9.78 Å². The monoisotopic (exact) mass is 382 g/mol. The first-order chi connectivity index (χ1) is 13.5. The third-order valence-corrected chi connectivity index (χ3v) is 4.47. The zero-order valence-corrected chi connectivity index (χ0v) is 16.9. The van der Waals surface area contributed by atoms with Crippen LogP contribution in [0.3, 0.4) is 0 Å². The van der Waals surface area contributed by atoms with Crippen LogP contribution in [0.2, 0.25) is 0 Å². The second kappa shape index (κ2) is 11.1. The molecule has 0 fully saturated rings. The summed E-state index contributed by atoms with van der Waals surface area (Å²) in [7, 11) is 1.73. The molecule has 0 aliphatic heterocycles. The molecule has 28 heavy (non-hydrogen) atoms. The van der Waals surface area contributed by atoms with Gasteiger partial charge in [-0.15, -0.1) is 0 Å². The topological polar surface area (TPSA) is 74.3 Å². The zero-order valence-electron chi connectivity index (χ0n) is 16.9. The lowest BCUT2D eigenvalue weighted by Crippen LogP contribution is -2.44. The Hall–Kier alpha value is -2.89. The van der Waals surface area contributed by atoms with E-state index < -0.39 is 0 Å². The first-order valence-electron chi connectivity index (χ1n) is 9.69. The lowest BCUT2D eigenvalue weighted by Gasteiger charge is -2.22. The van der Waals surface area contributed by atoms with Crippen molar-refractivity contribution in [2.45, 2.75) is 32.7 Å². The van der Waals surface area contributed by atoms with Gasteiger partial charge >= 0.3 is 6.03 Å². The van der Waals surface area contributed by atoms with Gasteiger partial charge in [-0.25, -0.2) is 4.79 Å². The van der Waals surface area contributed by atoms with Crippen LogP contribution in [0.25, 0.3) is 0 Å². The fraction of sp³-hybridized carbons (Fsp3) is 0.409. The smallest absolute Gasteiger partial charge is 0.315 e. The molecule has 0 saturated carbocycles. The van der Waals surface area contributed by atoms with Crippen LogP contribution in [0.1, 0.15) is 37.6 Å². The van der Waals surface area contributed by atoms with E-state index >= 15 is 0 Å². The van der Waals surface area contributed by atoms with Crippen LogP contribution in [-0.2, 0) is 11.2 Å². The summed E-state index contributed by atoms with van der Waals surface area (Å²) in [5, 5.41) is 5.66. The Morgan fingerprint density at radius 2 is 1.79 bits per heavy atom. The number of likely N-dealkylation sites (N-methyl/N-ethyl adjacent to an activating group) is 1. The molecule has 0 spiro atoms. The second-order valence-electron chi connectivity index (χ2n) is 7.31. The Morgan fingerprint density at radius 3 is 2.43 bits per heavy atom. The number of hydrogen-bond donors (Lipinski definition) is 2. The summed E-state index contributed by atoms with van der Waals surface area (Å²) < 4.78 is 0. The van der Waals surface area contributed by atoms with E-state index in [4.69, 9.17) is 0 Å². The highest BCUT2D eigenvalue weighted by Gasteiger charge is 2.17. The summed E-state index contributed by atoms with van der Waals surface area (Å²) in [5.41, 5.74) is 2.00. The van der Waals surface area contributed by atoms with Crippen LogP contribution < -0.4 is 10.6 Å². The summed E-state index contributed by atoms with van der Waals surface area (Å²) in [6.07, 6.45) is 3.25. The largest absolute Gasteiger partial charge is 0.344 e. The summed E-state index contributed by atoms with van der Waals surface area (Å²) in [4.78, 5) is 30.4. The molecular formula is C22H30N4O2.